The maximum atomic E-state index is 12.1. The molecule has 0 bridgehead atoms. The molecule has 2 saturated heterocycles. The van der Waals surface area contributed by atoms with Crippen LogP contribution in [-0.2, 0) is 23.8 Å². The Bertz CT molecular complexity index is 703. The molecule has 2 aliphatic carbocycles. The van der Waals surface area contributed by atoms with E-state index in [9.17, 15) is 9.59 Å². The molecule has 0 spiro atoms. The van der Waals surface area contributed by atoms with E-state index in [1.54, 1.807) is 0 Å². The van der Waals surface area contributed by atoms with Crippen molar-refractivity contribution in [1.82, 2.24) is 5.32 Å². The molecule has 2 heterocycles. The summed E-state index contributed by atoms with van der Waals surface area (Å²) in [5.74, 6) is 0.461. The molecule has 0 unspecified atom stereocenters. The number of hydrogen-bond acceptors (Lipinski definition) is 5. The van der Waals surface area contributed by atoms with Gasteiger partial charge in [-0.05, 0) is 49.4 Å². The van der Waals surface area contributed by atoms with Gasteiger partial charge in [-0.3, -0.25) is 4.79 Å². The Kier molecular flexibility index (Phi) is 5.12. The summed E-state index contributed by atoms with van der Waals surface area (Å²) in [6.45, 7) is 10.5. The molecule has 4 aliphatic rings. The highest BCUT2D eigenvalue weighted by atomic mass is 16.7. The van der Waals surface area contributed by atoms with Gasteiger partial charge in [0.15, 0.2) is 0 Å². The third-order valence-electron chi connectivity index (χ3n) is 7.92. The van der Waals surface area contributed by atoms with Gasteiger partial charge in [-0.25, -0.2) is 4.79 Å². The molecule has 6 heteroatoms. The van der Waals surface area contributed by atoms with E-state index in [1.165, 1.54) is 5.57 Å². The summed E-state index contributed by atoms with van der Waals surface area (Å²) >= 11 is 0. The van der Waals surface area contributed by atoms with Gasteiger partial charge in [0.2, 0.25) is 6.41 Å². The van der Waals surface area contributed by atoms with Crippen molar-refractivity contribution < 1.29 is 23.8 Å². The molecule has 154 valence electrons. The number of rotatable bonds is 4. The first-order valence-corrected chi connectivity index (χ1v) is 10.3. The summed E-state index contributed by atoms with van der Waals surface area (Å²) < 4.78 is 16.8. The van der Waals surface area contributed by atoms with E-state index in [1.807, 2.05) is 6.08 Å². The molecule has 0 aromatic rings. The average molecular weight is 389 g/mol. The van der Waals surface area contributed by atoms with Crippen LogP contribution >= 0.6 is 0 Å². The molecule has 28 heavy (non-hydrogen) atoms. The summed E-state index contributed by atoms with van der Waals surface area (Å²) in [5.41, 5.74) is 1.94. The third-order valence-corrected chi connectivity index (χ3v) is 7.92. The molecule has 2 saturated carbocycles. The summed E-state index contributed by atoms with van der Waals surface area (Å²) in [6, 6.07) is -0.348. The minimum Gasteiger partial charge on any atom is -0.460 e. The van der Waals surface area contributed by atoms with Crippen molar-refractivity contribution in [2.75, 3.05) is 20.0 Å². The van der Waals surface area contributed by atoms with Crippen molar-refractivity contribution in [3.05, 3.63) is 23.8 Å². The minimum atomic E-state index is -0.348. The fourth-order valence-corrected chi connectivity index (χ4v) is 6.43. The molecule has 4 rings (SSSR count). The number of nitrogens with one attached hydrogen (secondary N) is 1. The van der Waals surface area contributed by atoms with E-state index in [-0.39, 0.29) is 35.6 Å². The fourth-order valence-electron chi connectivity index (χ4n) is 6.43. The van der Waals surface area contributed by atoms with Crippen LogP contribution in [0.15, 0.2) is 23.8 Å². The van der Waals surface area contributed by atoms with Gasteiger partial charge in [0.05, 0.1) is 24.3 Å². The van der Waals surface area contributed by atoms with Crippen molar-refractivity contribution in [2.45, 2.75) is 58.1 Å². The van der Waals surface area contributed by atoms with Crippen LogP contribution in [0.5, 0.6) is 0 Å². The molecule has 1 N–H and O–H groups in total. The third kappa shape index (κ3) is 3.01. The standard InChI is InChI=1S/C22H31NO5/c1-14-4-7-18-21(2,9-8-19-22(18,3)11-26-13-28-19)16(14)6-5-15-17(23-12-24)10-27-20(15)25/h5,12,16-19H,1,4,6-11,13H2,2-3H3,(H,23,24)/b15-5+/t16-,17+,18+,19-,21+,22+/m1/s1. The minimum absolute atomic E-state index is 0.0191. The first-order valence-electron chi connectivity index (χ1n) is 10.3. The van der Waals surface area contributed by atoms with Gasteiger partial charge in [-0.2, -0.15) is 0 Å². The Morgan fingerprint density at radius 3 is 2.89 bits per heavy atom. The number of fused-ring (bicyclic) bond motifs is 3. The highest BCUT2D eigenvalue weighted by molar-refractivity contribution is 5.92. The first kappa shape index (κ1) is 19.6. The Morgan fingerprint density at radius 2 is 2.11 bits per heavy atom. The molecular weight excluding hydrogens is 358 g/mol. The summed E-state index contributed by atoms with van der Waals surface area (Å²) in [6.07, 6.45) is 7.84. The van der Waals surface area contributed by atoms with Gasteiger partial charge in [0, 0.05) is 5.41 Å². The lowest BCUT2D eigenvalue weighted by Gasteiger charge is -2.61. The van der Waals surface area contributed by atoms with E-state index < -0.39 is 0 Å². The molecule has 0 aromatic carbocycles. The van der Waals surface area contributed by atoms with Crippen molar-refractivity contribution in [3.63, 3.8) is 0 Å². The van der Waals surface area contributed by atoms with Crippen molar-refractivity contribution in [3.8, 4) is 0 Å². The quantitative estimate of drug-likeness (QED) is 0.346. The van der Waals surface area contributed by atoms with E-state index in [4.69, 9.17) is 14.2 Å². The maximum Gasteiger partial charge on any atom is 0.336 e. The normalized spacial score (nSPS) is 44.6. The zero-order valence-electron chi connectivity index (χ0n) is 16.9. The number of hydrogen-bond donors (Lipinski definition) is 1. The zero-order valence-corrected chi connectivity index (χ0v) is 16.9. The van der Waals surface area contributed by atoms with Gasteiger partial charge in [-0.15, -0.1) is 0 Å². The Labute approximate surface area is 166 Å². The predicted molar refractivity (Wildman–Crippen MR) is 103 cm³/mol. The van der Waals surface area contributed by atoms with Crippen LogP contribution in [0.3, 0.4) is 0 Å². The SMILES string of the molecule is C=C1CC[C@@H]2[C@]3(C)COCO[C@@H]3CC[C@@]2(C)[C@@H]1C/C=C1/C(=O)OC[C@@H]1NC=O. The second-order valence-corrected chi connectivity index (χ2v) is 9.30. The van der Waals surface area contributed by atoms with Gasteiger partial charge in [0.1, 0.15) is 13.4 Å². The van der Waals surface area contributed by atoms with Crippen LogP contribution in [0.1, 0.15) is 46.0 Å². The smallest absolute Gasteiger partial charge is 0.336 e. The maximum absolute atomic E-state index is 12.1. The Morgan fingerprint density at radius 1 is 1.29 bits per heavy atom. The van der Waals surface area contributed by atoms with Crippen molar-refractivity contribution >= 4 is 12.4 Å². The Balaban J connectivity index is 1.60. The number of ether oxygens (including phenoxy) is 3. The second-order valence-electron chi connectivity index (χ2n) is 9.30. The van der Waals surface area contributed by atoms with E-state index in [0.29, 0.717) is 30.6 Å². The number of carbonyl (C=O) groups is 2. The number of esters is 1. The van der Waals surface area contributed by atoms with Gasteiger partial charge < -0.3 is 19.5 Å². The summed E-state index contributed by atoms with van der Waals surface area (Å²) in [7, 11) is 0. The summed E-state index contributed by atoms with van der Waals surface area (Å²) in [4.78, 5) is 22.9. The van der Waals surface area contributed by atoms with Crippen LogP contribution in [-0.4, -0.2) is 44.5 Å². The highest BCUT2D eigenvalue weighted by Gasteiger charge is 2.59. The van der Waals surface area contributed by atoms with Crippen molar-refractivity contribution in [2.24, 2.45) is 22.7 Å². The van der Waals surface area contributed by atoms with Gasteiger partial charge in [-0.1, -0.05) is 32.1 Å². The van der Waals surface area contributed by atoms with Gasteiger partial charge >= 0.3 is 5.97 Å². The van der Waals surface area contributed by atoms with E-state index >= 15 is 0 Å². The molecule has 0 aromatic heterocycles. The van der Waals surface area contributed by atoms with Gasteiger partial charge in [0.25, 0.3) is 0 Å². The lowest BCUT2D eigenvalue weighted by atomic mass is 9.46. The molecular formula is C22H31NO5. The second kappa shape index (κ2) is 7.30. The monoisotopic (exact) mass is 389 g/mol. The first-order chi connectivity index (χ1) is 13.4. The molecule has 6 atom stereocenters. The lowest BCUT2D eigenvalue weighted by molar-refractivity contribution is -0.259. The number of amides is 1. The molecule has 0 radical (unpaired) electrons. The number of allylic oxidation sites excluding steroid dienone is 2. The highest BCUT2D eigenvalue weighted by Crippen LogP contribution is 2.62. The topological polar surface area (TPSA) is 73.9 Å². The molecule has 6 nitrogen and oxygen atoms in total. The van der Waals surface area contributed by atoms with Crippen molar-refractivity contribution in [1.29, 1.82) is 0 Å². The fraction of sp³-hybridized carbons (Fsp3) is 0.727. The molecule has 4 fully saturated rings. The molecule has 2 aliphatic heterocycles. The molecule has 1 amide bonds. The lowest BCUT2D eigenvalue weighted by Crippen LogP contribution is -2.60. The van der Waals surface area contributed by atoms with Crippen LogP contribution < -0.4 is 5.32 Å². The number of cyclic esters (lactones) is 1. The van der Waals surface area contributed by atoms with E-state index in [2.05, 4.69) is 25.7 Å². The largest absolute Gasteiger partial charge is 0.460 e. The van der Waals surface area contributed by atoms with E-state index in [0.717, 1.165) is 38.7 Å². The van der Waals surface area contributed by atoms with Crippen LogP contribution in [0.2, 0.25) is 0 Å². The van der Waals surface area contributed by atoms with Crippen LogP contribution in [0.4, 0.5) is 0 Å². The summed E-state index contributed by atoms with van der Waals surface area (Å²) in [5, 5.41) is 2.68. The van der Waals surface area contributed by atoms with Crippen LogP contribution in [0, 0.1) is 22.7 Å². The van der Waals surface area contributed by atoms with Crippen LogP contribution in [0.25, 0.3) is 0 Å². The predicted octanol–water partition coefficient (Wildman–Crippen LogP) is 2.74. The average Bonchev–Trinajstić information content (AvgIpc) is 3.00. The number of carbonyl (C=O) groups excluding carboxylic acids is 2. The Hall–Kier alpha value is -1.66. The zero-order chi connectivity index (χ0) is 19.9.